The van der Waals surface area contributed by atoms with Crippen molar-refractivity contribution in [1.82, 2.24) is 0 Å². The number of hydrogen-bond donors (Lipinski definition) is 1. The molecule has 1 atom stereocenters. The molecule has 0 radical (unpaired) electrons. The molecule has 0 aliphatic carbocycles. The zero-order valence-electron chi connectivity index (χ0n) is 9.22. The van der Waals surface area contributed by atoms with Crippen LogP contribution in [0.2, 0.25) is 0 Å². The Balaban J connectivity index is 2.65. The molecule has 1 rings (SSSR count). The highest BCUT2D eigenvalue weighted by Gasteiger charge is 2.29. The van der Waals surface area contributed by atoms with Crippen LogP contribution in [-0.4, -0.2) is 6.54 Å². The van der Waals surface area contributed by atoms with Gasteiger partial charge in [0.05, 0.1) is 5.56 Å². The van der Waals surface area contributed by atoms with E-state index in [1.807, 2.05) is 6.92 Å². The molecule has 0 heterocycles. The molecule has 90 valence electrons. The van der Waals surface area contributed by atoms with Crippen LogP contribution in [0, 0.1) is 5.92 Å². The molecule has 1 aromatic rings. The van der Waals surface area contributed by atoms with Crippen LogP contribution in [0.15, 0.2) is 24.3 Å². The third-order valence-corrected chi connectivity index (χ3v) is 2.52. The highest BCUT2D eigenvalue weighted by Crippen LogP contribution is 2.29. The minimum absolute atomic E-state index is 0.404. The van der Waals surface area contributed by atoms with Gasteiger partial charge in [0.2, 0.25) is 0 Å². The number of alkyl halides is 3. The molecule has 1 nitrogen and oxygen atoms in total. The maximum absolute atomic E-state index is 12.3. The van der Waals surface area contributed by atoms with Crippen LogP contribution in [-0.2, 0) is 12.6 Å². The molecule has 1 unspecified atom stereocenters. The van der Waals surface area contributed by atoms with Crippen molar-refractivity contribution < 1.29 is 13.2 Å². The lowest BCUT2D eigenvalue weighted by Gasteiger charge is -2.11. The first-order valence-corrected chi connectivity index (χ1v) is 5.29. The predicted octanol–water partition coefficient (Wildman–Crippen LogP) is 3.23. The summed E-state index contributed by atoms with van der Waals surface area (Å²) < 4.78 is 36.9. The van der Waals surface area contributed by atoms with Crippen molar-refractivity contribution in [2.75, 3.05) is 6.54 Å². The van der Waals surface area contributed by atoms with Crippen molar-refractivity contribution >= 4 is 0 Å². The van der Waals surface area contributed by atoms with Gasteiger partial charge in [-0.1, -0.05) is 19.1 Å². The van der Waals surface area contributed by atoms with Crippen LogP contribution >= 0.6 is 0 Å². The van der Waals surface area contributed by atoms with Gasteiger partial charge in [0.1, 0.15) is 0 Å². The first-order valence-electron chi connectivity index (χ1n) is 5.29. The Bertz CT molecular complexity index is 316. The first-order chi connectivity index (χ1) is 7.43. The fourth-order valence-corrected chi connectivity index (χ4v) is 1.62. The summed E-state index contributed by atoms with van der Waals surface area (Å²) in [5, 5.41) is 0. The molecule has 0 fully saturated rings. The molecule has 0 amide bonds. The molecule has 0 saturated carbocycles. The lowest BCUT2D eigenvalue weighted by atomic mass is 9.97. The summed E-state index contributed by atoms with van der Waals surface area (Å²) in [6, 6.07) is 5.33. The fraction of sp³-hybridized carbons (Fsp3) is 0.500. The molecule has 16 heavy (non-hydrogen) atoms. The van der Waals surface area contributed by atoms with E-state index in [9.17, 15) is 13.2 Å². The molecule has 2 N–H and O–H groups in total. The monoisotopic (exact) mass is 231 g/mol. The van der Waals surface area contributed by atoms with Crippen molar-refractivity contribution in [3.8, 4) is 0 Å². The number of rotatable bonds is 4. The van der Waals surface area contributed by atoms with Crippen molar-refractivity contribution in [2.45, 2.75) is 25.9 Å². The van der Waals surface area contributed by atoms with E-state index in [0.29, 0.717) is 12.5 Å². The van der Waals surface area contributed by atoms with Crippen LogP contribution in [0.5, 0.6) is 0 Å². The van der Waals surface area contributed by atoms with Crippen LogP contribution < -0.4 is 5.73 Å². The van der Waals surface area contributed by atoms with E-state index in [0.717, 1.165) is 30.5 Å². The van der Waals surface area contributed by atoms with Gasteiger partial charge in [-0.25, -0.2) is 0 Å². The zero-order chi connectivity index (χ0) is 12.2. The van der Waals surface area contributed by atoms with Gasteiger partial charge in [-0.2, -0.15) is 13.2 Å². The molecular weight excluding hydrogens is 215 g/mol. The highest BCUT2D eigenvalue weighted by atomic mass is 19.4. The van der Waals surface area contributed by atoms with Gasteiger partial charge in [0.15, 0.2) is 0 Å². The Morgan fingerprint density at radius 1 is 1.19 bits per heavy atom. The summed E-state index contributed by atoms with van der Waals surface area (Å²) in [7, 11) is 0. The van der Waals surface area contributed by atoms with Gasteiger partial charge >= 0.3 is 6.18 Å². The Morgan fingerprint density at radius 2 is 1.75 bits per heavy atom. The second kappa shape index (κ2) is 5.34. The third-order valence-electron chi connectivity index (χ3n) is 2.52. The summed E-state index contributed by atoms with van der Waals surface area (Å²) in [5.74, 6) is 0.404. The molecule has 4 heteroatoms. The quantitative estimate of drug-likeness (QED) is 0.845. The van der Waals surface area contributed by atoms with E-state index in [2.05, 4.69) is 0 Å². The molecule has 1 aromatic carbocycles. The van der Waals surface area contributed by atoms with E-state index >= 15 is 0 Å². The smallest absolute Gasteiger partial charge is 0.330 e. The first kappa shape index (κ1) is 13.0. The molecule has 0 bridgehead atoms. The Hall–Kier alpha value is -1.03. The maximum Gasteiger partial charge on any atom is 0.416 e. The second-order valence-electron chi connectivity index (χ2n) is 4.08. The minimum Gasteiger partial charge on any atom is -0.330 e. The number of hydrogen-bond acceptors (Lipinski definition) is 1. The largest absolute Gasteiger partial charge is 0.416 e. The van der Waals surface area contributed by atoms with Crippen LogP contribution in [0.1, 0.15) is 24.5 Å². The topological polar surface area (TPSA) is 26.0 Å². The SMILES string of the molecule is CC(CCN)Cc1ccc(C(F)(F)F)cc1. The zero-order valence-corrected chi connectivity index (χ0v) is 9.22. The summed E-state index contributed by atoms with van der Waals surface area (Å²) in [6.07, 6.45) is -2.59. The fourth-order valence-electron chi connectivity index (χ4n) is 1.62. The van der Waals surface area contributed by atoms with Crippen molar-refractivity contribution in [2.24, 2.45) is 11.7 Å². The molecule has 0 aliphatic heterocycles. The van der Waals surface area contributed by atoms with E-state index < -0.39 is 11.7 Å². The number of nitrogens with two attached hydrogens (primary N) is 1. The lowest BCUT2D eigenvalue weighted by Crippen LogP contribution is -2.09. The lowest BCUT2D eigenvalue weighted by molar-refractivity contribution is -0.137. The summed E-state index contributed by atoms with van der Waals surface area (Å²) >= 11 is 0. The van der Waals surface area contributed by atoms with Crippen molar-refractivity contribution in [1.29, 1.82) is 0 Å². The van der Waals surface area contributed by atoms with E-state index in [1.54, 1.807) is 0 Å². The van der Waals surface area contributed by atoms with Crippen LogP contribution in [0.4, 0.5) is 13.2 Å². The Kier molecular flexibility index (Phi) is 4.35. The van der Waals surface area contributed by atoms with E-state index in [1.165, 1.54) is 12.1 Å². The molecule has 0 aromatic heterocycles. The summed E-state index contributed by atoms with van der Waals surface area (Å²) in [5.41, 5.74) is 5.75. The van der Waals surface area contributed by atoms with E-state index in [4.69, 9.17) is 5.73 Å². The number of benzene rings is 1. The molecular formula is C12H16F3N. The molecule has 0 spiro atoms. The van der Waals surface area contributed by atoms with Crippen LogP contribution in [0.3, 0.4) is 0 Å². The molecule has 0 aliphatic rings. The van der Waals surface area contributed by atoms with Gasteiger partial charge in [-0.05, 0) is 43.0 Å². The van der Waals surface area contributed by atoms with Gasteiger partial charge < -0.3 is 5.73 Å². The van der Waals surface area contributed by atoms with Gasteiger partial charge in [-0.3, -0.25) is 0 Å². The average Bonchev–Trinajstić information content (AvgIpc) is 2.17. The third kappa shape index (κ3) is 3.85. The van der Waals surface area contributed by atoms with Gasteiger partial charge in [0.25, 0.3) is 0 Å². The maximum atomic E-state index is 12.3. The van der Waals surface area contributed by atoms with Crippen molar-refractivity contribution in [3.05, 3.63) is 35.4 Å². The summed E-state index contributed by atoms with van der Waals surface area (Å²) in [4.78, 5) is 0. The highest BCUT2D eigenvalue weighted by molar-refractivity contribution is 5.24. The predicted molar refractivity (Wildman–Crippen MR) is 58.0 cm³/mol. The number of halogens is 3. The Morgan fingerprint density at radius 3 is 2.19 bits per heavy atom. The average molecular weight is 231 g/mol. The molecule has 0 saturated heterocycles. The van der Waals surface area contributed by atoms with Crippen LogP contribution in [0.25, 0.3) is 0 Å². The second-order valence-corrected chi connectivity index (χ2v) is 4.08. The standard InChI is InChI=1S/C12H16F3N/c1-9(6-7-16)8-10-2-4-11(5-3-10)12(13,14)15/h2-5,9H,6-8,16H2,1H3. The van der Waals surface area contributed by atoms with Gasteiger partial charge in [-0.15, -0.1) is 0 Å². The minimum atomic E-state index is -4.25. The normalized spacial score (nSPS) is 13.8. The van der Waals surface area contributed by atoms with Crippen molar-refractivity contribution in [3.63, 3.8) is 0 Å². The Labute approximate surface area is 93.5 Å². The summed E-state index contributed by atoms with van der Waals surface area (Å²) in [6.45, 7) is 2.66. The van der Waals surface area contributed by atoms with Gasteiger partial charge in [0, 0.05) is 0 Å². The van der Waals surface area contributed by atoms with E-state index in [-0.39, 0.29) is 0 Å².